The van der Waals surface area contributed by atoms with E-state index in [2.05, 4.69) is 38.4 Å². The van der Waals surface area contributed by atoms with Gasteiger partial charge in [0.05, 0.1) is 16.8 Å². The van der Waals surface area contributed by atoms with Gasteiger partial charge in [0.2, 0.25) is 0 Å². The Morgan fingerprint density at radius 3 is 2.58 bits per heavy atom. The minimum absolute atomic E-state index is 0.135. The molecule has 0 spiro atoms. The number of carbonyl (C=O) groups excluding carboxylic acids is 1. The average Bonchev–Trinajstić information content (AvgIpc) is 2.74. The third-order valence-corrected chi connectivity index (χ3v) is 5.04. The molecule has 0 aliphatic heterocycles. The summed E-state index contributed by atoms with van der Waals surface area (Å²) in [6.07, 6.45) is 1.79. The summed E-state index contributed by atoms with van der Waals surface area (Å²) in [6, 6.07) is 19.2. The molecule has 0 atom stereocenters. The number of nitrogens with one attached hydrogen (secondary N) is 1. The lowest BCUT2D eigenvalue weighted by Gasteiger charge is -2.14. The summed E-state index contributed by atoms with van der Waals surface area (Å²) in [4.78, 5) is 16.9. The lowest BCUT2D eigenvalue weighted by atomic mass is 10.1. The molecule has 3 rings (SSSR count). The van der Waals surface area contributed by atoms with Crippen molar-refractivity contribution in [2.75, 3.05) is 18.5 Å². The molecule has 0 aliphatic rings. The van der Waals surface area contributed by atoms with E-state index in [4.69, 9.17) is 9.47 Å². The third-order valence-electron chi connectivity index (χ3n) is 4.45. The summed E-state index contributed by atoms with van der Waals surface area (Å²) in [5, 5.41) is 2.80. The van der Waals surface area contributed by atoms with Crippen molar-refractivity contribution in [3.05, 3.63) is 81.8 Å². The number of para-hydroxylation sites is 1. The Labute approximate surface area is 191 Å². The molecule has 3 aromatic rings. The molecule has 31 heavy (non-hydrogen) atoms. The highest BCUT2D eigenvalue weighted by atomic mass is 79.9. The highest BCUT2D eigenvalue weighted by Gasteiger charge is 2.14. The number of hydrogen-bond donors (Lipinski definition) is 1. The fourth-order valence-electron chi connectivity index (χ4n) is 2.92. The van der Waals surface area contributed by atoms with Crippen molar-refractivity contribution >= 4 is 39.4 Å². The predicted molar refractivity (Wildman–Crippen MR) is 129 cm³/mol. The number of carbonyl (C=O) groups is 1. The number of aryl methyl sites for hydroxylation is 2. The molecule has 0 bridgehead atoms. The summed E-state index contributed by atoms with van der Waals surface area (Å²) in [5.74, 6) is 0.779. The van der Waals surface area contributed by atoms with Gasteiger partial charge in [-0.25, -0.2) is 0 Å². The highest BCUT2D eigenvalue weighted by Crippen LogP contribution is 2.37. The van der Waals surface area contributed by atoms with Gasteiger partial charge in [-0.3, -0.25) is 9.79 Å². The molecule has 0 aromatic heterocycles. The van der Waals surface area contributed by atoms with Crippen molar-refractivity contribution in [1.29, 1.82) is 0 Å². The molecule has 3 aromatic carbocycles. The van der Waals surface area contributed by atoms with Gasteiger partial charge < -0.3 is 14.8 Å². The Bertz CT molecular complexity index is 1080. The number of amides is 1. The monoisotopic (exact) mass is 480 g/mol. The van der Waals surface area contributed by atoms with Crippen LogP contribution in [0.1, 0.15) is 23.6 Å². The number of benzene rings is 3. The Kier molecular flexibility index (Phi) is 7.84. The summed E-state index contributed by atoms with van der Waals surface area (Å²) in [6.45, 7) is 6.31. The zero-order chi connectivity index (χ0) is 22.2. The minimum atomic E-state index is -0.249. The quantitative estimate of drug-likeness (QED) is 0.388. The topological polar surface area (TPSA) is 59.9 Å². The van der Waals surface area contributed by atoms with Crippen molar-refractivity contribution in [2.24, 2.45) is 4.99 Å². The van der Waals surface area contributed by atoms with Crippen LogP contribution in [-0.4, -0.2) is 25.3 Å². The maximum Gasteiger partial charge on any atom is 0.262 e. The summed E-state index contributed by atoms with van der Waals surface area (Å²) >= 11 is 3.54. The second-order valence-corrected chi connectivity index (χ2v) is 7.87. The number of rotatable bonds is 8. The molecule has 0 heterocycles. The minimum Gasteiger partial charge on any atom is -0.490 e. The highest BCUT2D eigenvalue weighted by molar-refractivity contribution is 9.10. The van der Waals surface area contributed by atoms with Gasteiger partial charge in [0.15, 0.2) is 18.1 Å². The Morgan fingerprint density at radius 2 is 1.84 bits per heavy atom. The van der Waals surface area contributed by atoms with Gasteiger partial charge in [-0.1, -0.05) is 30.3 Å². The van der Waals surface area contributed by atoms with Crippen LogP contribution < -0.4 is 14.8 Å². The third kappa shape index (κ3) is 6.43. The van der Waals surface area contributed by atoms with E-state index in [1.54, 1.807) is 6.21 Å². The van der Waals surface area contributed by atoms with Gasteiger partial charge in [0.25, 0.3) is 5.91 Å². The second-order valence-electron chi connectivity index (χ2n) is 7.01. The molecular formula is C25H25BrN2O3. The van der Waals surface area contributed by atoms with Gasteiger partial charge in [-0.2, -0.15) is 0 Å². The molecular weight excluding hydrogens is 456 g/mol. The number of halogens is 1. The Hall–Kier alpha value is -3.12. The molecule has 0 unspecified atom stereocenters. The van der Waals surface area contributed by atoms with E-state index in [0.717, 1.165) is 28.1 Å². The molecule has 0 saturated carbocycles. The van der Waals surface area contributed by atoms with E-state index in [0.29, 0.717) is 22.6 Å². The lowest BCUT2D eigenvalue weighted by Crippen LogP contribution is -2.20. The van der Waals surface area contributed by atoms with Crippen LogP contribution >= 0.6 is 15.9 Å². The van der Waals surface area contributed by atoms with Gasteiger partial charge in [0, 0.05) is 11.9 Å². The zero-order valence-corrected chi connectivity index (χ0v) is 19.4. The normalized spacial score (nSPS) is 10.8. The molecule has 1 N–H and O–H groups in total. The Balaban J connectivity index is 1.76. The smallest absolute Gasteiger partial charge is 0.262 e. The fourth-order valence-corrected chi connectivity index (χ4v) is 3.50. The number of hydrogen-bond acceptors (Lipinski definition) is 4. The number of aliphatic imine (C=N–C) groups is 1. The largest absolute Gasteiger partial charge is 0.490 e. The van der Waals surface area contributed by atoms with E-state index < -0.39 is 0 Å². The molecule has 6 heteroatoms. The fraction of sp³-hybridized carbons (Fsp3) is 0.200. The first-order valence-electron chi connectivity index (χ1n) is 10.0. The van der Waals surface area contributed by atoms with E-state index in [1.807, 2.05) is 69.3 Å². The number of nitrogens with zero attached hydrogens (tertiary/aromatic N) is 1. The molecule has 160 valence electrons. The van der Waals surface area contributed by atoms with Crippen LogP contribution in [-0.2, 0) is 4.79 Å². The molecule has 0 fully saturated rings. The van der Waals surface area contributed by atoms with Crippen LogP contribution in [0.4, 0.5) is 11.4 Å². The second kappa shape index (κ2) is 10.8. The average molecular weight is 481 g/mol. The maximum atomic E-state index is 12.2. The SMILES string of the molecule is CCOc1cc(C=Nc2cc(C)ccc2C)cc(Br)c1OCC(=O)Nc1ccccc1. The summed E-state index contributed by atoms with van der Waals surface area (Å²) < 4.78 is 12.2. The van der Waals surface area contributed by atoms with Crippen molar-refractivity contribution in [3.63, 3.8) is 0 Å². The van der Waals surface area contributed by atoms with Gasteiger partial charge in [-0.05, 0) is 83.7 Å². The number of anilines is 1. The first kappa shape index (κ1) is 22.6. The van der Waals surface area contributed by atoms with Crippen LogP contribution in [0.2, 0.25) is 0 Å². The van der Waals surface area contributed by atoms with Crippen LogP contribution in [0, 0.1) is 13.8 Å². The first-order valence-corrected chi connectivity index (χ1v) is 10.8. The van der Waals surface area contributed by atoms with Crippen molar-refractivity contribution in [1.82, 2.24) is 0 Å². The van der Waals surface area contributed by atoms with E-state index >= 15 is 0 Å². The van der Waals surface area contributed by atoms with E-state index in [1.165, 1.54) is 0 Å². The molecule has 0 saturated heterocycles. The van der Waals surface area contributed by atoms with Crippen LogP contribution in [0.3, 0.4) is 0 Å². The van der Waals surface area contributed by atoms with Crippen molar-refractivity contribution in [3.8, 4) is 11.5 Å². The van der Waals surface area contributed by atoms with Crippen molar-refractivity contribution in [2.45, 2.75) is 20.8 Å². The van der Waals surface area contributed by atoms with Gasteiger partial charge in [0.1, 0.15) is 0 Å². The molecule has 1 amide bonds. The van der Waals surface area contributed by atoms with Crippen molar-refractivity contribution < 1.29 is 14.3 Å². The van der Waals surface area contributed by atoms with E-state index in [-0.39, 0.29) is 12.5 Å². The van der Waals surface area contributed by atoms with Gasteiger partial charge in [-0.15, -0.1) is 0 Å². The standard InChI is InChI=1S/C25H25BrN2O3/c1-4-30-23-14-19(15-27-22-12-17(2)10-11-18(22)3)13-21(26)25(23)31-16-24(29)28-20-8-6-5-7-9-20/h5-15H,4,16H2,1-3H3,(H,28,29). The maximum absolute atomic E-state index is 12.2. The van der Waals surface area contributed by atoms with Gasteiger partial charge >= 0.3 is 0 Å². The first-order chi connectivity index (χ1) is 15.0. The van der Waals surface area contributed by atoms with Crippen LogP contribution in [0.15, 0.2) is 70.1 Å². The van der Waals surface area contributed by atoms with Crippen LogP contribution in [0.25, 0.3) is 0 Å². The molecule has 0 aliphatic carbocycles. The zero-order valence-electron chi connectivity index (χ0n) is 17.8. The lowest BCUT2D eigenvalue weighted by molar-refractivity contribution is -0.118. The molecule has 5 nitrogen and oxygen atoms in total. The summed E-state index contributed by atoms with van der Waals surface area (Å²) in [5.41, 5.74) is 4.77. The Morgan fingerprint density at radius 1 is 1.06 bits per heavy atom. The summed E-state index contributed by atoms with van der Waals surface area (Å²) in [7, 11) is 0. The van der Waals surface area contributed by atoms with E-state index in [9.17, 15) is 4.79 Å². The molecule has 0 radical (unpaired) electrons. The van der Waals surface area contributed by atoms with Crippen LogP contribution in [0.5, 0.6) is 11.5 Å². The predicted octanol–water partition coefficient (Wildman–Crippen LogP) is 6.23. The number of ether oxygens (including phenoxy) is 2.